The van der Waals surface area contributed by atoms with Crippen LogP contribution in [0.25, 0.3) is 11.2 Å². The Hall–Kier alpha value is -2.89. The number of nitrogens with one attached hydrogen (secondary N) is 1. The van der Waals surface area contributed by atoms with Crippen LogP contribution in [0.4, 0.5) is 0 Å². The normalized spacial score (nSPS) is 11.3. The standard InChI is InChI=1S/C13H15N7O4S/c1-3-20-7(16-17-13(20)25-5-8(21)22)4-19-6-14-10-9(19)11(23)15-12(24)18(10)2/h6H,3-5H2,1-2H3,(H,21,22)(H,15,23,24). The summed E-state index contributed by atoms with van der Waals surface area (Å²) in [4.78, 5) is 40.8. The third-order valence-corrected chi connectivity index (χ3v) is 4.57. The van der Waals surface area contributed by atoms with Crippen molar-refractivity contribution in [3.8, 4) is 0 Å². The van der Waals surface area contributed by atoms with E-state index < -0.39 is 17.2 Å². The second-order valence-corrected chi connectivity index (χ2v) is 6.13. The van der Waals surface area contributed by atoms with Crippen LogP contribution < -0.4 is 11.2 Å². The van der Waals surface area contributed by atoms with Crippen LogP contribution in [0.2, 0.25) is 0 Å². The average Bonchev–Trinajstić information content (AvgIpc) is 3.15. The molecule has 2 N–H and O–H groups in total. The lowest BCUT2D eigenvalue weighted by atomic mass is 10.4. The number of nitrogens with zero attached hydrogens (tertiary/aromatic N) is 6. The summed E-state index contributed by atoms with van der Waals surface area (Å²) < 4.78 is 4.61. The summed E-state index contributed by atoms with van der Waals surface area (Å²) in [6, 6.07) is 0. The highest BCUT2D eigenvalue weighted by molar-refractivity contribution is 7.99. The smallest absolute Gasteiger partial charge is 0.329 e. The molecule has 0 amide bonds. The van der Waals surface area contributed by atoms with E-state index in [1.165, 1.54) is 17.9 Å². The van der Waals surface area contributed by atoms with E-state index >= 15 is 0 Å². The Bertz CT molecular complexity index is 1060. The molecule has 0 aliphatic carbocycles. The number of imidazole rings is 1. The summed E-state index contributed by atoms with van der Waals surface area (Å²) >= 11 is 1.08. The van der Waals surface area contributed by atoms with Crippen molar-refractivity contribution in [3.63, 3.8) is 0 Å². The number of aliphatic carboxylic acids is 1. The summed E-state index contributed by atoms with van der Waals surface area (Å²) in [5.41, 5.74) is -0.533. The van der Waals surface area contributed by atoms with Crippen LogP contribution in [0, 0.1) is 0 Å². The summed E-state index contributed by atoms with van der Waals surface area (Å²) in [5, 5.41) is 17.4. The van der Waals surface area contributed by atoms with Gasteiger partial charge in [0.15, 0.2) is 22.1 Å². The lowest BCUT2D eigenvalue weighted by molar-refractivity contribution is -0.133. The number of carboxylic acids is 1. The number of aromatic amines is 1. The van der Waals surface area contributed by atoms with Crippen molar-refractivity contribution in [1.29, 1.82) is 0 Å². The van der Waals surface area contributed by atoms with E-state index in [4.69, 9.17) is 5.11 Å². The van der Waals surface area contributed by atoms with E-state index in [1.54, 1.807) is 9.13 Å². The predicted molar refractivity (Wildman–Crippen MR) is 88.8 cm³/mol. The molecule has 0 aliphatic rings. The first-order valence-electron chi connectivity index (χ1n) is 7.33. The maximum atomic E-state index is 12.1. The molecule has 3 aromatic heterocycles. The molecule has 132 valence electrons. The van der Waals surface area contributed by atoms with Crippen molar-refractivity contribution < 1.29 is 9.90 Å². The van der Waals surface area contributed by atoms with Crippen LogP contribution in [0.15, 0.2) is 21.1 Å². The molecule has 3 aromatic rings. The number of hydrogen-bond acceptors (Lipinski definition) is 7. The van der Waals surface area contributed by atoms with Crippen LogP contribution in [0.1, 0.15) is 12.7 Å². The molecule has 3 rings (SSSR count). The van der Waals surface area contributed by atoms with E-state index in [-0.39, 0.29) is 23.5 Å². The molecular formula is C13H15N7O4S. The van der Waals surface area contributed by atoms with Crippen molar-refractivity contribution in [3.05, 3.63) is 33.0 Å². The quantitative estimate of drug-likeness (QED) is 0.544. The Labute approximate surface area is 144 Å². The second-order valence-electron chi connectivity index (χ2n) is 5.19. The van der Waals surface area contributed by atoms with Crippen LogP contribution in [0.5, 0.6) is 0 Å². The SMILES string of the molecule is CCn1c(Cn2cnc3c2c(=O)[nH]c(=O)n3C)nnc1SCC(=O)O. The zero-order valence-corrected chi connectivity index (χ0v) is 14.3. The van der Waals surface area contributed by atoms with Gasteiger partial charge in [-0.05, 0) is 6.92 Å². The number of fused-ring (bicyclic) bond motifs is 1. The number of H-pyrrole nitrogens is 1. The molecule has 0 fully saturated rings. The highest BCUT2D eigenvalue weighted by Crippen LogP contribution is 2.18. The van der Waals surface area contributed by atoms with Gasteiger partial charge < -0.3 is 14.2 Å². The fourth-order valence-electron chi connectivity index (χ4n) is 2.44. The molecule has 0 saturated heterocycles. The van der Waals surface area contributed by atoms with Crippen molar-refractivity contribution in [2.24, 2.45) is 7.05 Å². The lowest BCUT2D eigenvalue weighted by Crippen LogP contribution is -2.29. The average molecular weight is 365 g/mol. The highest BCUT2D eigenvalue weighted by Gasteiger charge is 2.16. The van der Waals surface area contributed by atoms with Crippen molar-refractivity contribution >= 4 is 28.9 Å². The zero-order valence-electron chi connectivity index (χ0n) is 13.5. The van der Waals surface area contributed by atoms with E-state index in [2.05, 4.69) is 20.2 Å². The third-order valence-electron chi connectivity index (χ3n) is 3.62. The van der Waals surface area contributed by atoms with Gasteiger partial charge in [-0.1, -0.05) is 11.8 Å². The van der Waals surface area contributed by atoms with Crippen LogP contribution in [0.3, 0.4) is 0 Å². The van der Waals surface area contributed by atoms with Crippen LogP contribution in [-0.4, -0.2) is 50.7 Å². The third kappa shape index (κ3) is 3.07. The Morgan fingerprint density at radius 1 is 1.36 bits per heavy atom. The monoisotopic (exact) mass is 365 g/mol. The molecule has 0 radical (unpaired) electrons. The van der Waals surface area contributed by atoms with Crippen molar-refractivity contribution in [1.82, 2.24) is 33.9 Å². The van der Waals surface area contributed by atoms with Gasteiger partial charge in [-0.2, -0.15) is 0 Å². The minimum atomic E-state index is -0.940. The van der Waals surface area contributed by atoms with Gasteiger partial charge in [0.2, 0.25) is 0 Å². The number of aryl methyl sites for hydroxylation is 1. The minimum absolute atomic E-state index is 0.117. The molecule has 0 aromatic carbocycles. The Kier molecular flexibility index (Phi) is 4.44. The van der Waals surface area contributed by atoms with Gasteiger partial charge in [0.1, 0.15) is 0 Å². The number of hydrogen-bond donors (Lipinski definition) is 2. The number of carbonyl (C=O) groups is 1. The summed E-state index contributed by atoms with van der Waals surface area (Å²) in [6.07, 6.45) is 1.46. The number of carboxylic acid groups (broad SMARTS) is 1. The molecule has 0 atom stereocenters. The van der Waals surface area contributed by atoms with Gasteiger partial charge in [0.25, 0.3) is 5.56 Å². The first-order valence-corrected chi connectivity index (χ1v) is 8.31. The van der Waals surface area contributed by atoms with E-state index in [0.717, 1.165) is 11.8 Å². The molecular weight excluding hydrogens is 350 g/mol. The molecule has 3 heterocycles. The molecule has 11 nitrogen and oxygen atoms in total. The highest BCUT2D eigenvalue weighted by atomic mass is 32.2. The Morgan fingerprint density at radius 3 is 2.80 bits per heavy atom. The fraction of sp³-hybridized carbons (Fsp3) is 0.385. The topological polar surface area (TPSA) is 141 Å². The maximum Gasteiger partial charge on any atom is 0.329 e. The largest absolute Gasteiger partial charge is 0.481 e. The molecule has 0 bridgehead atoms. The van der Waals surface area contributed by atoms with Gasteiger partial charge in [0, 0.05) is 13.6 Å². The summed E-state index contributed by atoms with van der Waals surface area (Å²) in [7, 11) is 1.52. The van der Waals surface area contributed by atoms with Gasteiger partial charge in [0.05, 0.1) is 18.6 Å². The molecule has 0 saturated carbocycles. The van der Waals surface area contributed by atoms with Crippen molar-refractivity contribution in [2.45, 2.75) is 25.2 Å². The Balaban J connectivity index is 2.00. The summed E-state index contributed by atoms with van der Waals surface area (Å²) in [6.45, 7) is 2.65. The van der Waals surface area contributed by atoms with E-state index in [0.29, 0.717) is 17.5 Å². The van der Waals surface area contributed by atoms with Gasteiger partial charge in [-0.3, -0.25) is 19.1 Å². The maximum absolute atomic E-state index is 12.1. The summed E-state index contributed by atoms with van der Waals surface area (Å²) in [5.74, 6) is -0.498. The molecule has 0 unspecified atom stereocenters. The van der Waals surface area contributed by atoms with Crippen LogP contribution >= 0.6 is 11.8 Å². The van der Waals surface area contributed by atoms with Gasteiger partial charge in [-0.25, -0.2) is 9.78 Å². The number of thioether (sulfide) groups is 1. The molecule has 0 aliphatic heterocycles. The molecule has 25 heavy (non-hydrogen) atoms. The molecule has 12 heteroatoms. The Morgan fingerprint density at radius 2 is 2.12 bits per heavy atom. The predicted octanol–water partition coefficient (Wildman–Crippen LogP) is -0.740. The first kappa shape index (κ1) is 17.0. The number of rotatable bonds is 6. The fourth-order valence-corrected chi connectivity index (χ4v) is 3.19. The molecule has 0 spiro atoms. The van der Waals surface area contributed by atoms with Crippen LogP contribution in [-0.2, 0) is 24.9 Å². The van der Waals surface area contributed by atoms with Gasteiger partial charge in [-0.15, -0.1) is 10.2 Å². The first-order chi connectivity index (χ1) is 11.9. The van der Waals surface area contributed by atoms with Crippen molar-refractivity contribution in [2.75, 3.05) is 5.75 Å². The van der Waals surface area contributed by atoms with Gasteiger partial charge >= 0.3 is 11.7 Å². The lowest BCUT2D eigenvalue weighted by Gasteiger charge is -2.07. The van der Waals surface area contributed by atoms with E-state index in [1.807, 2.05) is 6.92 Å². The zero-order chi connectivity index (χ0) is 18.1. The minimum Gasteiger partial charge on any atom is -0.481 e. The number of aromatic nitrogens is 7. The second kappa shape index (κ2) is 6.55. The van der Waals surface area contributed by atoms with E-state index in [9.17, 15) is 14.4 Å².